The van der Waals surface area contributed by atoms with Crippen LogP contribution in [0.1, 0.15) is 49.8 Å². The zero-order valence-electron chi connectivity index (χ0n) is 18.1. The summed E-state index contributed by atoms with van der Waals surface area (Å²) >= 11 is 0. The highest BCUT2D eigenvalue weighted by Crippen LogP contribution is 2.24. The number of amides is 1. The van der Waals surface area contributed by atoms with Gasteiger partial charge in [0.1, 0.15) is 0 Å². The van der Waals surface area contributed by atoms with Gasteiger partial charge in [-0.2, -0.15) is 10.2 Å². The van der Waals surface area contributed by atoms with Crippen molar-refractivity contribution in [1.29, 1.82) is 0 Å². The second kappa shape index (κ2) is 7.70. The number of rotatable bonds is 3. The third-order valence-corrected chi connectivity index (χ3v) is 5.93. The second-order valence-corrected chi connectivity index (χ2v) is 9.21. The molecule has 1 aliphatic heterocycles. The van der Waals surface area contributed by atoms with Crippen molar-refractivity contribution in [3.63, 3.8) is 0 Å². The number of aryl methyl sites for hydroxylation is 1. The number of benzene rings is 1. The number of fused-ring (bicyclic) bond motifs is 1. The Bertz CT molecular complexity index is 1130. The fraction of sp³-hybridized carbons (Fsp3) is 0.478. The molecule has 0 N–H and O–H groups in total. The van der Waals surface area contributed by atoms with E-state index >= 15 is 0 Å². The van der Waals surface area contributed by atoms with Gasteiger partial charge in [0.15, 0.2) is 5.69 Å². The van der Waals surface area contributed by atoms with Gasteiger partial charge in [-0.3, -0.25) is 14.3 Å². The molecule has 0 spiro atoms. The van der Waals surface area contributed by atoms with E-state index in [9.17, 15) is 9.59 Å². The summed E-state index contributed by atoms with van der Waals surface area (Å²) in [5.41, 5.74) is 2.22. The van der Waals surface area contributed by atoms with Crippen molar-refractivity contribution >= 4 is 16.8 Å². The average Bonchev–Trinajstić information content (AvgIpc) is 3.06. The second-order valence-electron chi connectivity index (χ2n) is 9.21. The molecule has 3 heterocycles. The maximum absolute atomic E-state index is 13.1. The zero-order chi connectivity index (χ0) is 21.5. The number of piperidine rings is 1. The van der Waals surface area contributed by atoms with Crippen LogP contribution in [0.15, 0.2) is 41.2 Å². The van der Waals surface area contributed by atoms with Crippen molar-refractivity contribution in [2.45, 2.75) is 45.6 Å². The van der Waals surface area contributed by atoms with Gasteiger partial charge >= 0.3 is 0 Å². The van der Waals surface area contributed by atoms with E-state index in [1.807, 2.05) is 42.3 Å². The summed E-state index contributed by atoms with van der Waals surface area (Å²) in [5, 5.41) is 9.94. The largest absolute Gasteiger partial charge is 0.337 e. The fourth-order valence-electron chi connectivity index (χ4n) is 4.06. The van der Waals surface area contributed by atoms with Crippen molar-refractivity contribution < 1.29 is 4.79 Å². The molecule has 1 amide bonds. The average molecular weight is 408 g/mol. The number of carbonyl (C=O) groups is 1. The molecule has 0 aliphatic carbocycles. The summed E-state index contributed by atoms with van der Waals surface area (Å²) < 4.78 is 3.35. The van der Waals surface area contributed by atoms with Crippen molar-refractivity contribution in [3.05, 3.63) is 58.1 Å². The van der Waals surface area contributed by atoms with E-state index in [2.05, 4.69) is 31.0 Å². The van der Waals surface area contributed by atoms with E-state index in [1.54, 1.807) is 15.4 Å². The molecule has 1 aromatic carbocycles. The maximum atomic E-state index is 13.1. The standard InChI is InChI=1S/C23H29N5O2/c1-23(2,3)19-9-10-20(29)28(24-19)15-16-11-13-27(14-12-16)22(30)21-17-7-5-6-8-18(17)26(4)25-21/h5-10,16H,11-15H2,1-4H3. The molecule has 1 aliphatic rings. The van der Waals surface area contributed by atoms with Crippen LogP contribution < -0.4 is 5.56 Å². The van der Waals surface area contributed by atoms with E-state index in [1.165, 1.54) is 0 Å². The molecule has 0 unspecified atom stereocenters. The van der Waals surface area contributed by atoms with Crippen LogP contribution in [-0.2, 0) is 19.0 Å². The smallest absolute Gasteiger partial charge is 0.275 e. The van der Waals surface area contributed by atoms with Crippen molar-refractivity contribution in [2.24, 2.45) is 13.0 Å². The van der Waals surface area contributed by atoms with E-state index in [0.29, 0.717) is 31.2 Å². The minimum atomic E-state index is -0.101. The van der Waals surface area contributed by atoms with E-state index in [0.717, 1.165) is 29.4 Å². The fourth-order valence-corrected chi connectivity index (χ4v) is 4.06. The molecule has 0 radical (unpaired) electrons. The molecule has 0 bridgehead atoms. The number of hydrogen-bond donors (Lipinski definition) is 0. The first-order valence-corrected chi connectivity index (χ1v) is 10.5. The van der Waals surface area contributed by atoms with Crippen LogP contribution in [0.4, 0.5) is 0 Å². The van der Waals surface area contributed by atoms with E-state index in [4.69, 9.17) is 0 Å². The van der Waals surface area contributed by atoms with Crippen molar-refractivity contribution in [1.82, 2.24) is 24.5 Å². The number of aromatic nitrogens is 4. The molecule has 158 valence electrons. The van der Waals surface area contributed by atoms with Gasteiger partial charge in [-0.15, -0.1) is 0 Å². The van der Waals surface area contributed by atoms with Crippen LogP contribution in [0.5, 0.6) is 0 Å². The lowest BCUT2D eigenvalue weighted by molar-refractivity contribution is 0.0675. The molecular formula is C23H29N5O2. The Kier molecular flexibility index (Phi) is 5.22. The molecule has 7 nitrogen and oxygen atoms in total. The Labute approximate surface area is 176 Å². The van der Waals surface area contributed by atoms with Gasteiger partial charge in [0, 0.05) is 43.5 Å². The molecular weight excluding hydrogens is 378 g/mol. The molecule has 0 saturated carbocycles. The highest BCUT2D eigenvalue weighted by atomic mass is 16.2. The summed E-state index contributed by atoms with van der Waals surface area (Å²) in [6, 6.07) is 11.2. The number of para-hydroxylation sites is 1. The monoisotopic (exact) mass is 407 g/mol. The van der Waals surface area contributed by atoms with Crippen LogP contribution >= 0.6 is 0 Å². The van der Waals surface area contributed by atoms with Crippen LogP contribution in [0.25, 0.3) is 10.9 Å². The summed E-state index contributed by atoms with van der Waals surface area (Å²) in [6.07, 6.45) is 1.70. The lowest BCUT2D eigenvalue weighted by Gasteiger charge is -2.31. The molecule has 30 heavy (non-hydrogen) atoms. The van der Waals surface area contributed by atoms with Gasteiger partial charge < -0.3 is 4.90 Å². The minimum Gasteiger partial charge on any atom is -0.337 e. The number of likely N-dealkylation sites (tertiary alicyclic amines) is 1. The molecule has 4 rings (SSSR count). The third-order valence-electron chi connectivity index (χ3n) is 5.93. The first-order valence-electron chi connectivity index (χ1n) is 10.5. The molecule has 1 saturated heterocycles. The lowest BCUT2D eigenvalue weighted by atomic mass is 9.92. The summed E-state index contributed by atoms with van der Waals surface area (Å²) in [7, 11) is 1.86. The quantitative estimate of drug-likeness (QED) is 0.669. The van der Waals surface area contributed by atoms with E-state index in [-0.39, 0.29) is 16.9 Å². The Morgan fingerprint density at radius 2 is 1.77 bits per heavy atom. The summed E-state index contributed by atoms with van der Waals surface area (Å²) in [5.74, 6) is 0.310. The first-order chi connectivity index (χ1) is 14.2. The van der Waals surface area contributed by atoms with Crippen LogP contribution in [-0.4, -0.2) is 43.5 Å². The molecule has 7 heteroatoms. The molecule has 1 fully saturated rings. The normalized spacial score (nSPS) is 15.7. The van der Waals surface area contributed by atoms with Crippen LogP contribution in [0, 0.1) is 5.92 Å². The minimum absolute atomic E-state index is 0.0183. The summed E-state index contributed by atoms with van der Waals surface area (Å²) in [4.78, 5) is 27.2. The van der Waals surface area contributed by atoms with Gasteiger partial charge in [-0.1, -0.05) is 39.0 Å². The predicted octanol–water partition coefficient (Wildman–Crippen LogP) is 2.98. The van der Waals surface area contributed by atoms with Crippen molar-refractivity contribution in [3.8, 4) is 0 Å². The Hall–Kier alpha value is -2.96. The third kappa shape index (κ3) is 3.88. The number of carbonyl (C=O) groups excluding carboxylic acids is 1. The highest BCUT2D eigenvalue weighted by molar-refractivity contribution is 6.04. The predicted molar refractivity (Wildman–Crippen MR) is 117 cm³/mol. The Balaban J connectivity index is 1.44. The Morgan fingerprint density at radius 1 is 1.07 bits per heavy atom. The van der Waals surface area contributed by atoms with Gasteiger partial charge in [0.25, 0.3) is 11.5 Å². The van der Waals surface area contributed by atoms with Crippen LogP contribution in [0.3, 0.4) is 0 Å². The van der Waals surface area contributed by atoms with Crippen molar-refractivity contribution in [2.75, 3.05) is 13.1 Å². The Morgan fingerprint density at radius 3 is 2.47 bits per heavy atom. The molecule has 2 aromatic heterocycles. The number of nitrogens with zero attached hydrogens (tertiary/aromatic N) is 5. The van der Waals surface area contributed by atoms with Gasteiger partial charge in [-0.05, 0) is 30.9 Å². The van der Waals surface area contributed by atoms with Gasteiger partial charge in [0.2, 0.25) is 0 Å². The van der Waals surface area contributed by atoms with Gasteiger partial charge in [0.05, 0.1) is 11.2 Å². The summed E-state index contributed by atoms with van der Waals surface area (Å²) in [6.45, 7) is 8.21. The zero-order valence-corrected chi connectivity index (χ0v) is 18.1. The first kappa shape index (κ1) is 20.3. The molecule has 3 aromatic rings. The SMILES string of the molecule is Cn1nc(C(=O)N2CCC(Cn3nc(C(C)(C)C)ccc3=O)CC2)c2ccccc21. The topological polar surface area (TPSA) is 73.0 Å². The lowest BCUT2D eigenvalue weighted by Crippen LogP contribution is -2.40. The van der Waals surface area contributed by atoms with Gasteiger partial charge in [-0.25, -0.2) is 4.68 Å². The van der Waals surface area contributed by atoms with E-state index < -0.39 is 0 Å². The number of hydrogen-bond acceptors (Lipinski definition) is 4. The highest BCUT2D eigenvalue weighted by Gasteiger charge is 2.27. The molecule has 0 atom stereocenters. The van der Waals surface area contributed by atoms with Crippen LogP contribution in [0.2, 0.25) is 0 Å². The maximum Gasteiger partial charge on any atom is 0.275 e.